The summed E-state index contributed by atoms with van der Waals surface area (Å²) in [6, 6.07) is 6.55. The molecule has 0 unspecified atom stereocenters. The van der Waals surface area contributed by atoms with Gasteiger partial charge in [-0.1, -0.05) is 19.1 Å². The average molecular weight is 237 g/mol. The second kappa shape index (κ2) is 5.01. The molecule has 0 aliphatic heterocycles. The highest BCUT2D eigenvalue weighted by Crippen LogP contribution is 2.29. The van der Waals surface area contributed by atoms with Crippen molar-refractivity contribution in [3.05, 3.63) is 34.7 Å². The van der Waals surface area contributed by atoms with Crippen LogP contribution >= 0.6 is 23.1 Å². The van der Waals surface area contributed by atoms with Crippen LogP contribution in [-0.2, 0) is 12.3 Å². The minimum Gasteiger partial charge on any atom is -0.326 e. The maximum atomic E-state index is 5.63. The molecule has 2 rings (SSSR count). The SMILES string of the molecule is CCSCc1csc2cc(CN)ccc12. The zero-order valence-corrected chi connectivity index (χ0v) is 10.5. The van der Waals surface area contributed by atoms with Gasteiger partial charge < -0.3 is 5.73 Å². The largest absolute Gasteiger partial charge is 0.326 e. The average Bonchev–Trinajstić information content (AvgIpc) is 2.68. The van der Waals surface area contributed by atoms with E-state index < -0.39 is 0 Å². The van der Waals surface area contributed by atoms with E-state index in [1.165, 1.54) is 27.0 Å². The Bertz CT molecular complexity index is 448. The van der Waals surface area contributed by atoms with Crippen LogP contribution in [0.4, 0.5) is 0 Å². The smallest absolute Gasteiger partial charge is 0.0349 e. The van der Waals surface area contributed by atoms with E-state index in [0.29, 0.717) is 6.54 Å². The van der Waals surface area contributed by atoms with Crippen LogP contribution in [0.5, 0.6) is 0 Å². The Morgan fingerprint density at radius 2 is 2.27 bits per heavy atom. The molecule has 0 aliphatic carbocycles. The minimum atomic E-state index is 0.632. The molecular weight excluding hydrogens is 222 g/mol. The van der Waals surface area contributed by atoms with E-state index in [9.17, 15) is 0 Å². The van der Waals surface area contributed by atoms with Gasteiger partial charge in [-0.2, -0.15) is 11.8 Å². The zero-order chi connectivity index (χ0) is 10.7. The lowest BCUT2D eigenvalue weighted by Gasteiger charge is -1.99. The van der Waals surface area contributed by atoms with Crippen LogP contribution in [0.3, 0.4) is 0 Å². The first-order valence-electron chi connectivity index (χ1n) is 5.12. The molecule has 0 bridgehead atoms. The fraction of sp³-hybridized carbons (Fsp3) is 0.333. The summed E-state index contributed by atoms with van der Waals surface area (Å²) in [5.74, 6) is 2.30. The number of rotatable bonds is 4. The molecule has 80 valence electrons. The van der Waals surface area contributed by atoms with Gasteiger partial charge in [0, 0.05) is 17.0 Å². The quantitative estimate of drug-likeness (QED) is 0.879. The molecular formula is C12H15NS2. The van der Waals surface area contributed by atoms with Crippen molar-refractivity contribution in [3.63, 3.8) is 0 Å². The molecule has 1 aromatic heterocycles. The Morgan fingerprint density at radius 3 is 3.00 bits per heavy atom. The number of thioether (sulfide) groups is 1. The van der Waals surface area contributed by atoms with Crippen molar-refractivity contribution in [2.24, 2.45) is 5.73 Å². The predicted octanol–water partition coefficient (Wildman–Crippen LogP) is 3.61. The summed E-state index contributed by atoms with van der Waals surface area (Å²) in [6.07, 6.45) is 0. The summed E-state index contributed by atoms with van der Waals surface area (Å²) in [6.45, 7) is 2.83. The molecule has 1 nitrogen and oxygen atoms in total. The lowest BCUT2D eigenvalue weighted by molar-refractivity contribution is 1.08. The number of benzene rings is 1. The molecule has 1 aromatic carbocycles. The van der Waals surface area contributed by atoms with Gasteiger partial charge in [0.2, 0.25) is 0 Å². The van der Waals surface area contributed by atoms with E-state index in [-0.39, 0.29) is 0 Å². The Kier molecular flexibility index (Phi) is 3.67. The second-order valence-electron chi connectivity index (χ2n) is 3.43. The second-order valence-corrected chi connectivity index (χ2v) is 5.62. The van der Waals surface area contributed by atoms with Crippen LogP contribution in [0.15, 0.2) is 23.6 Å². The minimum absolute atomic E-state index is 0.632. The monoisotopic (exact) mass is 237 g/mol. The molecule has 0 amide bonds. The Morgan fingerprint density at radius 1 is 1.40 bits per heavy atom. The van der Waals surface area contributed by atoms with Crippen molar-refractivity contribution >= 4 is 33.2 Å². The summed E-state index contributed by atoms with van der Waals surface area (Å²) < 4.78 is 1.37. The van der Waals surface area contributed by atoms with Crippen LogP contribution in [-0.4, -0.2) is 5.75 Å². The third-order valence-corrected chi connectivity index (χ3v) is 4.33. The molecule has 0 aliphatic rings. The third kappa shape index (κ3) is 2.36. The van der Waals surface area contributed by atoms with Crippen LogP contribution in [0.2, 0.25) is 0 Å². The van der Waals surface area contributed by atoms with E-state index in [1.807, 2.05) is 23.1 Å². The molecule has 0 fully saturated rings. The number of fused-ring (bicyclic) bond motifs is 1. The van der Waals surface area contributed by atoms with E-state index >= 15 is 0 Å². The van der Waals surface area contributed by atoms with Crippen molar-refractivity contribution in [1.82, 2.24) is 0 Å². The molecule has 0 saturated heterocycles. The molecule has 2 N–H and O–H groups in total. The highest BCUT2D eigenvalue weighted by molar-refractivity contribution is 7.98. The van der Waals surface area contributed by atoms with E-state index in [2.05, 4.69) is 30.5 Å². The first kappa shape index (κ1) is 11.0. The highest BCUT2D eigenvalue weighted by atomic mass is 32.2. The Hall–Kier alpha value is -0.510. The molecule has 0 radical (unpaired) electrons. The molecule has 1 heterocycles. The number of hydrogen-bond acceptors (Lipinski definition) is 3. The van der Waals surface area contributed by atoms with Crippen LogP contribution < -0.4 is 5.73 Å². The lowest BCUT2D eigenvalue weighted by Crippen LogP contribution is -1.94. The van der Waals surface area contributed by atoms with Crippen LogP contribution in [0.25, 0.3) is 10.1 Å². The van der Waals surface area contributed by atoms with Crippen molar-refractivity contribution in [2.75, 3.05) is 5.75 Å². The van der Waals surface area contributed by atoms with Gasteiger partial charge in [0.15, 0.2) is 0 Å². The number of thiophene rings is 1. The van der Waals surface area contributed by atoms with E-state index in [0.717, 1.165) is 5.75 Å². The molecule has 3 heteroatoms. The summed E-state index contributed by atoms with van der Waals surface area (Å²) >= 11 is 3.80. The van der Waals surface area contributed by atoms with Crippen molar-refractivity contribution in [1.29, 1.82) is 0 Å². The molecule has 0 atom stereocenters. The lowest BCUT2D eigenvalue weighted by atomic mass is 10.1. The van der Waals surface area contributed by atoms with Gasteiger partial charge in [0.1, 0.15) is 0 Å². The third-order valence-electron chi connectivity index (χ3n) is 2.42. The van der Waals surface area contributed by atoms with Crippen LogP contribution in [0.1, 0.15) is 18.1 Å². The maximum Gasteiger partial charge on any atom is 0.0349 e. The van der Waals surface area contributed by atoms with Gasteiger partial charge in [0.05, 0.1) is 0 Å². The Labute approximate surface area is 98.7 Å². The van der Waals surface area contributed by atoms with Gasteiger partial charge in [0.25, 0.3) is 0 Å². The van der Waals surface area contributed by atoms with Gasteiger partial charge in [-0.05, 0) is 33.7 Å². The van der Waals surface area contributed by atoms with Gasteiger partial charge >= 0.3 is 0 Å². The zero-order valence-electron chi connectivity index (χ0n) is 8.82. The van der Waals surface area contributed by atoms with Gasteiger partial charge in [-0.25, -0.2) is 0 Å². The number of hydrogen-bond donors (Lipinski definition) is 1. The Balaban J connectivity index is 2.34. The normalized spacial score (nSPS) is 11.1. The van der Waals surface area contributed by atoms with Gasteiger partial charge in [-0.15, -0.1) is 11.3 Å². The topological polar surface area (TPSA) is 26.0 Å². The first-order valence-corrected chi connectivity index (χ1v) is 7.15. The molecule has 0 saturated carbocycles. The van der Waals surface area contributed by atoms with Crippen molar-refractivity contribution in [2.45, 2.75) is 19.2 Å². The molecule has 15 heavy (non-hydrogen) atoms. The summed E-state index contributed by atoms with van der Waals surface area (Å²) in [5.41, 5.74) is 8.31. The van der Waals surface area contributed by atoms with E-state index in [1.54, 1.807) is 0 Å². The fourth-order valence-corrected chi connectivity index (χ4v) is 3.37. The molecule has 0 spiro atoms. The predicted molar refractivity (Wildman–Crippen MR) is 71.6 cm³/mol. The van der Waals surface area contributed by atoms with Crippen molar-refractivity contribution in [3.8, 4) is 0 Å². The molecule has 2 aromatic rings. The fourth-order valence-electron chi connectivity index (χ4n) is 1.58. The standard InChI is InChI=1S/C12H15NS2/c1-2-14-7-10-8-15-12-5-9(6-13)3-4-11(10)12/h3-5,8H,2,6-7,13H2,1H3. The van der Waals surface area contributed by atoms with Crippen LogP contribution in [0, 0.1) is 0 Å². The highest BCUT2D eigenvalue weighted by Gasteiger charge is 2.04. The number of nitrogens with two attached hydrogens (primary N) is 1. The van der Waals surface area contributed by atoms with Crippen molar-refractivity contribution < 1.29 is 0 Å². The summed E-state index contributed by atoms with van der Waals surface area (Å²) in [7, 11) is 0. The summed E-state index contributed by atoms with van der Waals surface area (Å²) in [4.78, 5) is 0. The van der Waals surface area contributed by atoms with E-state index in [4.69, 9.17) is 5.73 Å². The maximum absolute atomic E-state index is 5.63. The van der Waals surface area contributed by atoms with Gasteiger partial charge in [-0.3, -0.25) is 0 Å². The first-order chi connectivity index (χ1) is 7.35. The summed E-state index contributed by atoms with van der Waals surface area (Å²) in [5, 5.41) is 3.67.